The molecule has 2 aromatic heterocycles. The summed E-state index contributed by atoms with van der Waals surface area (Å²) < 4.78 is 5.56. The Bertz CT molecular complexity index is 902. The Morgan fingerprint density at radius 1 is 0.909 bits per heavy atom. The first-order chi connectivity index (χ1) is 10.9. The highest BCUT2D eigenvalue weighted by atomic mass is 16.5. The van der Waals surface area contributed by atoms with Crippen LogP contribution in [-0.2, 0) is 0 Å². The van der Waals surface area contributed by atoms with Gasteiger partial charge in [0.05, 0.1) is 11.7 Å². The summed E-state index contributed by atoms with van der Waals surface area (Å²) in [6.45, 7) is 0. The van der Waals surface area contributed by atoms with Crippen LogP contribution in [0.1, 0.15) is 0 Å². The summed E-state index contributed by atoms with van der Waals surface area (Å²) in [6.07, 6.45) is 3.41. The Kier molecular flexibility index (Phi) is 3.01. The number of benzene rings is 2. The molecular formula is C17H12N4O. The molecule has 4 aromatic rings. The second-order valence-electron chi connectivity index (χ2n) is 4.85. The molecule has 0 aliphatic heterocycles. The van der Waals surface area contributed by atoms with Gasteiger partial charge in [0.2, 0.25) is 0 Å². The van der Waals surface area contributed by atoms with Gasteiger partial charge in [0.15, 0.2) is 0 Å². The van der Waals surface area contributed by atoms with Crippen molar-refractivity contribution < 1.29 is 4.74 Å². The minimum absolute atomic E-state index is 0.447. The topological polar surface area (TPSA) is 63.7 Å². The maximum absolute atomic E-state index is 5.56. The van der Waals surface area contributed by atoms with Gasteiger partial charge in [-0.2, -0.15) is 0 Å². The van der Waals surface area contributed by atoms with Crippen LogP contribution in [0.15, 0.2) is 67.0 Å². The Hall–Kier alpha value is -3.21. The van der Waals surface area contributed by atoms with Gasteiger partial charge in [-0.25, -0.2) is 0 Å². The summed E-state index contributed by atoms with van der Waals surface area (Å²) in [6, 6.07) is 18.1. The smallest absolute Gasteiger partial charge is 0.258 e. The zero-order valence-corrected chi connectivity index (χ0v) is 11.6. The van der Waals surface area contributed by atoms with Gasteiger partial charge in [-0.3, -0.25) is 10.1 Å². The quantitative estimate of drug-likeness (QED) is 0.622. The van der Waals surface area contributed by atoms with Crippen LogP contribution in [0.2, 0.25) is 0 Å². The van der Waals surface area contributed by atoms with E-state index in [-0.39, 0.29) is 0 Å². The molecule has 22 heavy (non-hydrogen) atoms. The van der Waals surface area contributed by atoms with E-state index < -0.39 is 0 Å². The number of aromatic nitrogens is 4. The second-order valence-corrected chi connectivity index (χ2v) is 4.85. The monoisotopic (exact) mass is 288 g/mol. The Morgan fingerprint density at radius 3 is 2.59 bits per heavy atom. The second kappa shape index (κ2) is 5.29. The summed E-state index contributed by atoms with van der Waals surface area (Å²) >= 11 is 0. The highest BCUT2D eigenvalue weighted by Crippen LogP contribution is 2.26. The van der Waals surface area contributed by atoms with Crippen molar-refractivity contribution >= 4 is 10.9 Å². The molecule has 0 unspecified atom stereocenters. The predicted molar refractivity (Wildman–Crippen MR) is 83.6 cm³/mol. The number of nitrogens with zero attached hydrogens (tertiary/aromatic N) is 3. The lowest BCUT2D eigenvalue weighted by atomic mass is 10.0. The molecule has 0 aliphatic carbocycles. The van der Waals surface area contributed by atoms with Crippen LogP contribution in [0.25, 0.3) is 22.0 Å². The highest BCUT2D eigenvalue weighted by molar-refractivity contribution is 5.84. The molecule has 2 aromatic carbocycles. The highest BCUT2D eigenvalue weighted by Gasteiger charge is 2.03. The van der Waals surface area contributed by atoms with Crippen LogP contribution in [0.3, 0.4) is 0 Å². The molecule has 0 atom stereocenters. The Morgan fingerprint density at radius 2 is 1.77 bits per heavy atom. The predicted octanol–water partition coefficient (Wildman–Crippen LogP) is 3.81. The zero-order chi connectivity index (χ0) is 14.8. The Balaban J connectivity index is 1.63. The third-order valence-corrected chi connectivity index (χ3v) is 3.41. The average molecular weight is 288 g/mol. The molecule has 2 heterocycles. The number of pyridine rings is 1. The van der Waals surface area contributed by atoms with Crippen LogP contribution in [0.5, 0.6) is 11.6 Å². The minimum Gasteiger partial charge on any atom is -0.436 e. The van der Waals surface area contributed by atoms with Crippen molar-refractivity contribution in [1.82, 2.24) is 20.4 Å². The molecule has 5 nitrogen and oxygen atoms in total. The summed E-state index contributed by atoms with van der Waals surface area (Å²) in [5.74, 6) is 1.17. The molecule has 5 heteroatoms. The summed E-state index contributed by atoms with van der Waals surface area (Å²) in [5, 5.41) is 11.1. The van der Waals surface area contributed by atoms with Gasteiger partial charge in [0.1, 0.15) is 5.75 Å². The summed E-state index contributed by atoms with van der Waals surface area (Å²) in [7, 11) is 0. The maximum Gasteiger partial charge on any atom is 0.258 e. The lowest BCUT2D eigenvalue weighted by Crippen LogP contribution is -1.85. The SMILES string of the molecule is c1cnc2cc(-c3ccc(Oc4c[nH]nn4)cc3)ccc2c1. The van der Waals surface area contributed by atoms with Crippen LogP contribution in [0, 0.1) is 0 Å². The minimum atomic E-state index is 0.447. The number of fused-ring (bicyclic) bond motifs is 1. The molecule has 0 amide bonds. The van der Waals surface area contributed by atoms with Crippen molar-refractivity contribution in [2.45, 2.75) is 0 Å². The molecule has 106 valence electrons. The van der Waals surface area contributed by atoms with E-state index in [4.69, 9.17) is 4.74 Å². The van der Waals surface area contributed by atoms with E-state index in [9.17, 15) is 0 Å². The molecule has 0 radical (unpaired) electrons. The maximum atomic E-state index is 5.56. The van der Waals surface area contributed by atoms with Gasteiger partial charge in [0.25, 0.3) is 5.88 Å². The van der Waals surface area contributed by atoms with E-state index in [0.29, 0.717) is 5.88 Å². The third kappa shape index (κ3) is 2.40. The first kappa shape index (κ1) is 12.5. The number of hydrogen-bond acceptors (Lipinski definition) is 4. The van der Waals surface area contributed by atoms with Gasteiger partial charge in [0, 0.05) is 11.6 Å². The van der Waals surface area contributed by atoms with Gasteiger partial charge in [-0.15, -0.1) is 0 Å². The van der Waals surface area contributed by atoms with Crippen molar-refractivity contribution in [3.8, 4) is 22.8 Å². The fourth-order valence-electron chi connectivity index (χ4n) is 2.32. The first-order valence-corrected chi connectivity index (χ1v) is 6.88. The number of hydrogen-bond donors (Lipinski definition) is 1. The van der Waals surface area contributed by atoms with Crippen molar-refractivity contribution in [3.63, 3.8) is 0 Å². The number of nitrogens with one attached hydrogen (secondary N) is 1. The molecule has 0 aliphatic rings. The van der Waals surface area contributed by atoms with Gasteiger partial charge < -0.3 is 4.74 Å². The lowest BCUT2D eigenvalue weighted by molar-refractivity contribution is 0.461. The van der Waals surface area contributed by atoms with Gasteiger partial charge in [-0.1, -0.05) is 40.6 Å². The largest absolute Gasteiger partial charge is 0.436 e. The summed E-state index contributed by atoms with van der Waals surface area (Å²) in [4.78, 5) is 4.39. The zero-order valence-electron chi connectivity index (χ0n) is 11.6. The van der Waals surface area contributed by atoms with Crippen LogP contribution < -0.4 is 4.74 Å². The normalized spacial score (nSPS) is 10.7. The van der Waals surface area contributed by atoms with E-state index in [2.05, 4.69) is 44.7 Å². The van der Waals surface area contributed by atoms with E-state index in [0.717, 1.165) is 27.8 Å². The van der Waals surface area contributed by atoms with E-state index in [1.165, 1.54) is 0 Å². The molecule has 0 fully saturated rings. The molecular weight excluding hydrogens is 276 g/mol. The van der Waals surface area contributed by atoms with Crippen LogP contribution in [0.4, 0.5) is 0 Å². The molecule has 0 bridgehead atoms. The van der Waals surface area contributed by atoms with Crippen molar-refractivity contribution in [2.75, 3.05) is 0 Å². The van der Waals surface area contributed by atoms with Crippen molar-refractivity contribution in [1.29, 1.82) is 0 Å². The number of aromatic amines is 1. The van der Waals surface area contributed by atoms with Gasteiger partial charge >= 0.3 is 0 Å². The summed E-state index contributed by atoms with van der Waals surface area (Å²) in [5.41, 5.74) is 3.22. The van der Waals surface area contributed by atoms with Crippen molar-refractivity contribution in [2.24, 2.45) is 0 Å². The molecule has 0 spiro atoms. The van der Waals surface area contributed by atoms with Crippen LogP contribution in [-0.4, -0.2) is 20.4 Å². The third-order valence-electron chi connectivity index (χ3n) is 3.41. The van der Waals surface area contributed by atoms with Crippen LogP contribution >= 0.6 is 0 Å². The number of rotatable bonds is 3. The lowest BCUT2D eigenvalue weighted by Gasteiger charge is -2.05. The number of H-pyrrole nitrogens is 1. The fourth-order valence-corrected chi connectivity index (χ4v) is 2.32. The average Bonchev–Trinajstić information content (AvgIpc) is 3.08. The molecule has 4 rings (SSSR count). The van der Waals surface area contributed by atoms with E-state index in [1.807, 2.05) is 30.3 Å². The first-order valence-electron chi connectivity index (χ1n) is 6.88. The van der Waals surface area contributed by atoms with E-state index >= 15 is 0 Å². The molecule has 1 N–H and O–H groups in total. The molecule has 0 saturated carbocycles. The molecule has 0 saturated heterocycles. The standard InChI is InChI=1S/C17H12N4O/c1-2-13-3-4-14(10-16(13)18-9-1)12-5-7-15(8-6-12)22-17-11-19-21-20-17/h1-11H,(H,19,20,21). The Labute approximate surface area is 126 Å². The number of ether oxygens (including phenoxy) is 1. The van der Waals surface area contributed by atoms with Crippen molar-refractivity contribution in [3.05, 3.63) is 67.0 Å². The van der Waals surface area contributed by atoms with E-state index in [1.54, 1.807) is 12.4 Å². The fraction of sp³-hybridized carbons (Fsp3) is 0. The van der Waals surface area contributed by atoms with Gasteiger partial charge in [-0.05, 0) is 35.4 Å².